The average Bonchev–Trinajstić information content (AvgIpc) is 2.43. The third-order valence-electron chi connectivity index (χ3n) is 1.76. The largest absolute Gasteiger partial charge is 0.478 e. The lowest BCUT2D eigenvalue weighted by atomic mass is 10.3. The molecule has 0 aliphatic heterocycles. The van der Waals surface area contributed by atoms with Gasteiger partial charge in [0.15, 0.2) is 0 Å². The summed E-state index contributed by atoms with van der Waals surface area (Å²) in [5.41, 5.74) is 0.0184. The molecule has 6 heteroatoms. The Balaban J connectivity index is 2.79. The highest BCUT2D eigenvalue weighted by Crippen LogP contribution is 2.17. The Morgan fingerprint density at radius 1 is 1.57 bits per heavy atom. The topological polar surface area (TPSA) is 54.6 Å². The molecule has 0 aromatic carbocycles. The van der Waals surface area contributed by atoms with Crippen LogP contribution in [0, 0.1) is 5.95 Å². The van der Waals surface area contributed by atoms with Gasteiger partial charge in [-0.3, -0.25) is 0 Å². The van der Waals surface area contributed by atoms with Crippen LogP contribution in [0.3, 0.4) is 0 Å². The van der Waals surface area contributed by atoms with Crippen LogP contribution in [-0.2, 0) is 0 Å². The van der Waals surface area contributed by atoms with Crippen molar-refractivity contribution in [2.45, 2.75) is 0 Å². The summed E-state index contributed by atoms with van der Waals surface area (Å²) in [6, 6.07) is 2.82. The molecule has 0 unspecified atom stereocenters. The molecule has 1 N–H and O–H groups in total. The van der Waals surface area contributed by atoms with Crippen molar-refractivity contribution >= 4 is 27.4 Å². The summed E-state index contributed by atoms with van der Waals surface area (Å²) in [5, 5.41) is 12.4. The van der Waals surface area contributed by atoms with Gasteiger partial charge in [0.05, 0.1) is 11.7 Å². The lowest BCUT2D eigenvalue weighted by Gasteiger charge is -1.93. The summed E-state index contributed by atoms with van der Waals surface area (Å²) in [5.74, 6) is -2.16. The first-order chi connectivity index (χ1) is 6.59. The Hall–Kier alpha value is -1.43. The number of aromatic nitrogens is 2. The molecule has 0 aliphatic carbocycles. The van der Waals surface area contributed by atoms with Crippen LogP contribution < -0.4 is 0 Å². The van der Waals surface area contributed by atoms with Crippen molar-refractivity contribution in [1.82, 2.24) is 9.61 Å². The van der Waals surface area contributed by atoms with Crippen molar-refractivity contribution in [2.24, 2.45) is 0 Å². The number of rotatable bonds is 1. The quantitative estimate of drug-likeness (QED) is 0.851. The van der Waals surface area contributed by atoms with Gasteiger partial charge in [-0.25, -0.2) is 9.31 Å². The van der Waals surface area contributed by atoms with Crippen molar-refractivity contribution in [2.75, 3.05) is 0 Å². The first kappa shape index (κ1) is 9.14. The fourth-order valence-corrected chi connectivity index (χ4v) is 1.48. The van der Waals surface area contributed by atoms with Gasteiger partial charge in [-0.05, 0) is 28.1 Å². The van der Waals surface area contributed by atoms with Gasteiger partial charge in [0.1, 0.15) is 5.56 Å². The van der Waals surface area contributed by atoms with E-state index in [1.54, 1.807) is 6.07 Å². The fraction of sp³-hybridized carbons (Fsp3) is 0. The van der Waals surface area contributed by atoms with E-state index >= 15 is 0 Å². The first-order valence-electron chi connectivity index (χ1n) is 3.65. The van der Waals surface area contributed by atoms with E-state index in [1.807, 2.05) is 0 Å². The van der Waals surface area contributed by atoms with E-state index in [0.29, 0.717) is 9.99 Å². The molecular formula is C8H4BrFN2O2. The molecule has 2 rings (SSSR count). The van der Waals surface area contributed by atoms with Gasteiger partial charge in [-0.2, -0.15) is 9.49 Å². The van der Waals surface area contributed by atoms with Gasteiger partial charge >= 0.3 is 5.97 Å². The van der Waals surface area contributed by atoms with Crippen LogP contribution in [0.1, 0.15) is 10.4 Å². The predicted octanol–water partition coefficient (Wildman–Crippen LogP) is 1.93. The van der Waals surface area contributed by atoms with Crippen LogP contribution in [0.15, 0.2) is 22.8 Å². The van der Waals surface area contributed by atoms with Crippen molar-refractivity contribution in [1.29, 1.82) is 0 Å². The normalized spacial score (nSPS) is 10.7. The molecule has 0 aliphatic rings. The van der Waals surface area contributed by atoms with Crippen LogP contribution >= 0.6 is 15.9 Å². The molecule has 14 heavy (non-hydrogen) atoms. The maximum atomic E-state index is 13.3. The molecule has 0 spiro atoms. The summed E-state index contributed by atoms with van der Waals surface area (Å²) in [4.78, 5) is 10.6. The maximum absolute atomic E-state index is 13.3. The number of carboxylic acid groups (broad SMARTS) is 1. The van der Waals surface area contributed by atoms with E-state index in [2.05, 4.69) is 21.0 Å². The van der Waals surface area contributed by atoms with Crippen LogP contribution in [-0.4, -0.2) is 20.7 Å². The molecule has 0 saturated heterocycles. The van der Waals surface area contributed by atoms with Crippen LogP contribution in [0.4, 0.5) is 4.39 Å². The lowest BCUT2D eigenvalue weighted by molar-refractivity contribution is 0.0691. The Bertz CT molecular complexity index is 523. The van der Waals surface area contributed by atoms with Crippen molar-refractivity contribution in [3.8, 4) is 0 Å². The van der Waals surface area contributed by atoms with Gasteiger partial charge in [0.25, 0.3) is 0 Å². The summed E-state index contributed by atoms with van der Waals surface area (Å²) in [7, 11) is 0. The van der Waals surface area contributed by atoms with E-state index in [9.17, 15) is 9.18 Å². The molecule has 0 fully saturated rings. The summed E-state index contributed by atoms with van der Waals surface area (Å²) in [6.45, 7) is 0. The molecule has 0 radical (unpaired) electrons. The first-order valence-corrected chi connectivity index (χ1v) is 4.45. The standard InChI is InChI=1S/C8H4BrFN2O2/c9-4-1-5-2-6(8(13)14)7(10)12(5)11-3-4/h1-3H,(H,13,14). The molecule has 0 saturated carbocycles. The Morgan fingerprint density at radius 2 is 2.29 bits per heavy atom. The molecule has 0 bridgehead atoms. The zero-order chi connectivity index (χ0) is 10.3. The third-order valence-corrected chi connectivity index (χ3v) is 2.19. The second-order valence-electron chi connectivity index (χ2n) is 2.66. The highest BCUT2D eigenvalue weighted by Gasteiger charge is 2.16. The average molecular weight is 259 g/mol. The number of nitrogens with zero attached hydrogens (tertiary/aromatic N) is 2. The maximum Gasteiger partial charge on any atom is 0.340 e. The summed E-state index contributed by atoms with van der Waals surface area (Å²) in [6.07, 6.45) is 1.39. The Labute approximate surface area is 86.1 Å². The highest BCUT2D eigenvalue weighted by atomic mass is 79.9. The van der Waals surface area contributed by atoms with E-state index in [1.165, 1.54) is 12.3 Å². The molecule has 2 heterocycles. The van der Waals surface area contributed by atoms with Gasteiger partial charge in [-0.1, -0.05) is 0 Å². The lowest BCUT2D eigenvalue weighted by Crippen LogP contribution is -2.00. The number of carbonyl (C=O) groups is 1. The zero-order valence-electron chi connectivity index (χ0n) is 6.74. The Kier molecular flexibility index (Phi) is 1.99. The molecule has 2 aromatic heterocycles. The number of halogens is 2. The second kappa shape index (κ2) is 3.06. The number of hydrogen-bond donors (Lipinski definition) is 1. The van der Waals surface area contributed by atoms with E-state index in [0.717, 1.165) is 4.52 Å². The predicted molar refractivity (Wildman–Crippen MR) is 49.8 cm³/mol. The van der Waals surface area contributed by atoms with Crippen molar-refractivity contribution < 1.29 is 14.3 Å². The minimum atomic E-state index is -1.30. The second-order valence-corrected chi connectivity index (χ2v) is 3.58. The molecule has 4 nitrogen and oxygen atoms in total. The number of carboxylic acids is 1. The van der Waals surface area contributed by atoms with Gasteiger partial charge < -0.3 is 5.11 Å². The smallest absolute Gasteiger partial charge is 0.340 e. The SMILES string of the molecule is O=C(O)c1cc2cc(Br)cnn2c1F. The monoisotopic (exact) mass is 258 g/mol. The van der Waals surface area contributed by atoms with E-state index in [-0.39, 0.29) is 5.56 Å². The summed E-state index contributed by atoms with van der Waals surface area (Å²) < 4.78 is 14.9. The molecule has 72 valence electrons. The third kappa shape index (κ3) is 1.27. The van der Waals surface area contributed by atoms with Crippen LogP contribution in [0.25, 0.3) is 5.52 Å². The molecule has 0 atom stereocenters. The van der Waals surface area contributed by atoms with Gasteiger partial charge in [0, 0.05) is 4.47 Å². The Morgan fingerprint density at radius 3 is 2.93 bits per heavy atom. The summed E-state index contributed by atoms with van der Waals surface area (Å²) >= 11 is 3.16. The van der Waals surface area contributed by atoms with Crippen LogP contribution in [0.5, 0.6) is 0 Å². The van der Waals surface area contributed by atoms with Crippen molar-refractivity contribution in [3.63, 3.8) is 0 Å². The fourth-order valence-electron chi connectivity index (χ4n) is 1.16. The molecular weight excluding hydrogens is 255 g/mol. The zero-order valence-corrected chi connectivity index (χ0v) is 8.32. The number of aromatic carboxylic acids is 1. The minimum Gasteiger partial charge on any atom is -0.478 e. The number of hydrogen-bond acceptors (Lipinski definition) is 2. The highest BCUT2D eigenvalue weighted by molar-refractivity contribution is 9.10. The van der Waals surface area contributed by atoms with Crippen molar-refractivity contribution in [3.05, 3.63) is 34.3 Å². The van der Waals surface area contributed by atoms with E-state index < -0.39 is 11.9 Å². The van der Waals surface area contributed by atoms with E-state index in [4.69, 9.17) is 5.11 Å². The minimum absolute atomic E-state index is 0.379. The van der Waals surface area contributed by atoms with Gasteiger partial charge in [0.2, 0.25) is 5.95 Å². The molecule has 2 aromatic rings. The molecule has 0 amide bonds. The number of fused-ring (bicyclic) bond motifs is 1. The van der Waals surface area contributed by atoms with Gasteiger partial charge in [-0.15, -0.1) is 0 Å². The van der Waals surface area contributed by atoms with Crippen LogP contribution in [0.2, 0.25) is 0 Å².